The van der Waals surface area contributed by atoms with Crippen LogP contribution in [0.4, 0.5) is 10.1 Å². The van der Waals surface area contributed by atoms with E-state index in [1.165, 1.54) is 0 Å². The maximum Gasteiger partial charge on any atom is 0.146 e. The fourth-order valence-corrected chi connectivity index (χ4v) is 2.35. The number of nitrogens with two attached hydrogens (primary N) is 1. The maximum absolute atomic E-state index is 14.1. The molecule has 100 valence electrons. The van der Waals surface area contributed by atoms with E-state index >= 15 is 0 Å². The van der Waals surface area contributed by atoms with Gasteiger partial charge in [0, 0.05) is 32.2 Å². The van der Waals surface area contributed by atoms with Crippen molar-refractivity contribution in [3.05, 3.63) is 29.6 Å². The van der Waals surface area contributed by atoms with Crippen molar-refractivity contribution in [3.8, 4) is 0 Å². The van der Waals surface area contributed by atoms with E-state index in [2.05, 4.69) is 16.8 Å². The zero-order chi connectivity index (χ0) is 13.1. The lowest BCUT2D eigenvalue weighted by atomic mass is 10.1. The first-order valence-corrected chi connectivity index (χ1v) is 6.54. The largest absolute Gasteiger partial charge is 0.367 e. The lowest BCUT2D eigenvalue weighted by molar-refractivity contribution is 0.311. The van der Waals surface area contributed by atoms with Crippen LogP contribution in [0, 0.1) is 5.82 Å². The normalized spacial score (nSPS) is 19.0. The van der Waals surface area contributed by atoms with E-state index in [0.29, 0.717) is 0 Å². The van der Waals surface area contributed by atoms with Crippen LogP contribution < -0.4 is 10.6 Å². The van der Waals surface area contributed by atoms with Crippen molar-refractivity contribution in [2.24, 2.45) is 5.73 Å². The van der Waals surface area contributed by atoms with Crippen molar-refractivity contribution in [3.63, 3.8) is 0 Å². The minimum absolute atomic E-state index is 0.0684. The third kappa shape index (κ3) is 3.21. The van der Waals surface area contributed by atoms with Gasteiger partial charge in [-0.05, 0) is 38.1 Å². The summed E-state index contributed by atoms with van der Waals surface area (Å²) in [5.41, 5.74) is 7.42. The number of anilines is 1. The molecule has 2 rings (SSSR count). The second kappa shape index (κ2) is 5.67. The van der Waals surface area contributed by atoms with Gasteiger partial charge in [-0.25, -0.2) is 4.39 Å². The summed E-state index contributed by atoms with van der Waals surface area (Å²) < 4.78 is 14.1. The van der Waals surface area contributed by atoms with Gasteiger partial charge in [-0.15, -0.1) is 0 Å². The van der Waals surface area contributed by atoms with Crippen molar-refractivity contribution in [2.75, 3.05) is 38.1 Å². The minimum Gasteiger partial charge on any atom is -0.367 e. The summed E-state index contributed by atoms with van der Waals surface area (Å²) in [6.45, 7) is 5.69. The van der Waals surface area contributed by atoms with Crippen LogP contribution in [0.3, 0.4) is 0 Å². The first-order chi connectivity index (χ1) is 8.56. The minimum atomic E-state index is -0.127. The number of nitrogens with zero attached hydrogens (tertiary/aromatic N) is 2. The van der Waals surface area contributed by atoms with Gasteiger partial charge in [0.25, 0.3) is 0 Å². The van der Waals surface area contributed by atoms with Crippen LogP contribution in [-0.2, 0) is 6.42 Å². The number of hydrogen-bond acceptors (Lipinski definition) is 3. The lowest BCUT2D eigenvalue weighted by Gasteiger charge is -2.34. The zero-order valence-electron chi connectivity index (χ0n) is 11.2. The number of piperazine rings is 1. The molecule has 1 aromatic carbocycles. The summed E-state index contributed by atoms with van der Waals surface area (Å²) in [7, 11) is 2.10. The summed E-state index contributed by atoms with van der Waals surface area (Å²) in [6.07, 6.45) is 0.722. The molecule has 0 saturated carbocycles. The Balaban J connectivity index is 2.09. The van der Waals surface area contributed by atoms with Gasteiger partial charge >= 0.3 is 0 Å². The third-order valence-electron chi connectivity index (χ3n) is 3.41. The Kier molecular flexibility index (Phi) is 4.19. The highest BCUT2D eigenvalue weighted by Gasteiger charge is 2.17. The molecule has 4 heteroatoms. The lowest BCUT2D eigenvalue weighted by Crippen LogP contribution is -2.44. The van der Waals surface area contributed by atoms with E-state index in [9.17, 15) is 4.39 Å². The summed E-state index contributed by atoms with van der Waals surface area (Å²) in [6, 6.07) is 5.56. The van der Waals surface area contributed by atoms with E-state index < -0.39 is 0 Å². The van der Waals surface area contributed by atoms with Crippen molar-refractivity contribution in [1.29, 1.82) is 0 Å². The Morgan fingerprint density at radius 3 is 2.50 bits per heavy atom. The molecular formula is C14H22FN3. The van der Waals surface area contributed by atoms with Gasteiger partial charge in [-0.3, -0.25) is 0 Å². The molecule has 2 N–H and O–H groups in total. The van der Waals surface area contributed by atoms with Gasteiger partial charge in [0.1, 0.15) is 5.82 Å². The van der Waals surface area contributed by atoms with Crippen molar-refractivity contribution < 1.29 is 4.39 Å². The zero-order valence-corrected chi connectivity index (χ0v) is 11.2. The van der Waals surface area contributed by atoms with Gasteiger partial charge in [0.15, 0.2) is 0 Å². The van der Waals surface area contributed by atoms with Crippen molar-refractivity contribution in [2.45, 2.75) is 19.4 Å². The number of likely N-dealkylation sites (N-methyl/N-ethyl adjacent to an activating group) is 1. The molecule has 0 aliphatic carbocycles. The van der Waals surface area contributed by atoms with E-state index in [-0.39, 0.29) is 11.9 Å². The molecule has 0 radical (unpaired) electrons. The summed E-state index contributed by atoms with van der Waals surface area (Å²) in [5, 5.41) is 0. The molecule has 1 aromatic rings. The highest BCUT2D eigenvalue weighted by molar-refractivity contribution is 5.49. The first kappa shape index (κ1) is 13.3. The van der Waals surface area contributed by atoms with Gasteiger partial charge in [0.05, 0.1) is 5.69 Å². The quantitative estimate of drug-likeness (QED) is 0.883. The molecule has 1 saturated heterocycles. The molecule has 1 aliphatic heterocycles. The molecule has 18 heavy (non-hydrogen) atoms. The molecule has 1 fully saturated rings. The molecular weight excluding hydrogens is 229 g/mol. The molecule has 0 amide bonds. The van der Waals surface area contributed by atoms with Crippen molar-refractivity contribution in [1.82, 2.24) is 4.90 Å². The topological polar surface area (TPSA) is 32.5 Å². The van der Waals surface area contributed by atoms with Crippen LogP contribution >= 0.6 is 0 Å². The average molecular weight is 251 g/mol. The molecule has 1 atom stereocenters. The predicted octanol–water partition coefficient (Wildman–Crippen LogP) is 1.47. The Bertz CT molecular complexity index is 398. The number of halogens is 1. The van der Waals surface area contributed by atoms with Gasteiger partial charge in [-0.1, -0.05) is 6.07 Å². The first-order valence-electron chi connectivity index (χ1n) is 6.54. The van der Waals surface area contributed by atoms with Crippen LogP contribution in [0.1, 0.15) is 12.5 Å². The molecule has 1 aliphatic rings. The fourth-order valence-electron chi connectivity index (χ4n) is 2.35. The van der Waals surface area contributed by atoms with Gasteiger partial charge in [-0.2, -0.15) is 0 Å². The molecule has 0 aromatic heterocycles. The number of rotatable bonds is 3. The number of hydrogen-bond donors (Lipinski definition) is 1. The number of benzene rings is 1. The van der Waals surface area contributed by atoms with Crippen LogP contribution in [0.15, 0.2) is 18.2 Å². The SMILES string of the molecule is CC(N)Cc1ccc(N2CCN(C)CC2)c(F)c1. The summed E-state index contributed by atoms with van der Waals surface area (Å²) in [5.74, 6) is -0.127. The van der Waals surface area contributed by atoms with Crippen LogP contribution in [0.2, 0.25) is 0 Å². The molecule has 0 bridgehead atoms. The van der Waals surface area contributed by atoms with Crippen LogP contribution in [-0.4, -0.2) is 44.2 Å². The highest BCUT2D eigenvalue weighted by Crippen LogP contribution is 2.22. The second-order valence-corrected chi connectivity index (χ2v) is 5.26. The van der Waals surface area contributed by atoms with E-state index in [0.717, 1.165) is 43.9 Å². The van der Waals surface area contributed by atoms with Crippen LogP contribution in [0.25, 0.3) is 0 Å². The molecule has 1 heterocycles. The van der Waals surface area contributed by atoms with E-state index in [4.69, 9.17) is 5.73 Å². The van der Waals surface area contributed by atoms with E-state index in [1.807, 2.05) is 19.1 Å². The third-order valence-corrected chi connectivity index (χ3v) is 3.41. The van der Waals surface area contributed by atoms with Gasteiger partial charge in [0.2, 0.25) is 0 Å². The Labute approximate surface area is 108 Å². The monoisotopic (exact) mass is 251 g/mol. The fraction of sp³-hybridized carbons (Fsp3) is 0.571. The Morgan fingerprint density at radius 1 is 1.28 bits per heavy atom. The molecule has 0 spiro atoms. The Hall–Kier alpha value is -1.13. The molecule has 3 nitrogen and oxygen atoms in total. The molecule has 1 unspecified atom stereocenters. The predicted molar refractivity (Wildman–Crippen MR) is 73.5 cm³/mol. The second-order valence-electron chi connectivity index (χ2n) is 5.26. The van der Waals surface area contributed by atoms with Gasteiger partial charge < -0.3 is 15.5 Å². The maximum atomic E-state index is 14.1. The standard InChI is InChI=1S/C14H22FN3/c1-11(16)9-12-3-4-14(13(15)10-12)18-7-5-17(2)6-8-18/h3-4,10-11H,5-9,16H2,1-2H3. The summed E-state index contributed by atoms with van der Waals surface area (Å²) in [4.78, 5) is 4.38. The van der Waals surface area contributed by atoms with Crippen LogP contribution in [0.5, 0.6) is 0 Å². The average Bonchev–Trinajstić information content (AvgIpc) is 2.30. The smallest absolute Gasteiger partial charge is 0.146 e. The summed E-state index contributed by atoms with van der Waals surface area (Å²) >= 11 is 0. The highest BCUT2D eigenvalue weighted by atomic mass is 19.1. The van der Waals surface area contributed by atoms with Crippen molar-refractivity contribution >= 4 is 5.69 Å². The van der Waals surface area contributed by atoms with E-state index in [1.54, 1.807) is 6.07 Å². The Morgan fingerprint density at radius 2 is 1.94 bits per heavy atom.